The number of aromatic nitrogens is 1. The molecule has 0 radical (unpaired) electrons. The zero-order valence-electron chi connectivity index (χ0n) is 20.8. The molecule has 0 saturated carbocycles. The van der Waals surface area contributed by atoms with Gasteiger partial charge in [-0.15, -0.1) is 0 Å². The molecule has 1 amide bonds. The van der Waals surface area contributed by atoms with Crippen LogP contribution in [0.15, 0.2) is 94.9 Å². The first-order valence-electron chi connectivity index (χ1n) is 11.7. The lowest BCUT2D eigenvalue weighted by atomic mass is 10.2. The van der Waals surface area contributed by atoms with Gasteiger partial charge < -0.3 is 4.57 Å². The van der Waals surface area contributed by atoms with Gasteiger partial charge in [0.25, 0.3) is 5.91 Å². The minimum atomic E-state index is -3.92. The Balaban J connectivity index is 1.51. The topological polar surface area (TPSA) is 83.8 Å². The number of amides is 1. The Morgan fingerprint density at radius 1 is 0.947 bits per heavy atom. The number of hydrogen-bond donors (Lipinski definition) is 1. The minimum Gasteiger partial charge on any atom is -0.318 e. The summed E-state index contributed by atoms with van der Waals surface area (Å²) in [6.07, 6.45) is 1.53. The fourth-order valence-electron chi connectivity index (χ4n) is 4.06. The third-order valence-corrected chi connectivity index (χ3v) is 8.47. The number of nitrogens with zero attached hydrogens (tertiary/aromatic N) is 3. The van der Waals surface area contributed by atoms with Crippen molar-refractivity contribution < 1.29 is 13.2 Å². The first-order chi connectivity index (χ1) is 18.2. The number of nitrogens with one attached hydrogen (secondary N) is 1. The fourth-order valence-corrected chi connectivity index (χ4v) is 5.76. The van der Waals surface area contributed by atoms with Crippen LogP contribution in [0.4, 0.5) is 0 Å². The van der Waals surface area contributed by atoms with Gasteiger partial charge in [0, 0.05) is 29.2 Å². The van der Waals surface area contributed by atoms with Crippen molar-refractivity contribution in [3.05, 3.63) is 117 Å². The van der Waals surface area contributed by atoms with Gasteiger partial charge in [-0.1, -0.05) is 71.7 Å². The van der Waals surface area contributed by atoms with E-state index in [1.54, 1.807) is 30.3 Å². The molecule has 0 saturated heterocycles. The summed E-state index contributed by atoms with van der Waals surface area (Å²) in [5, 5.41) is 5.01. The average molecular weight is 570 g/mol. The predicted molar refractivity (Wildman–Crippen MR) is 151 cm³/mol. The summed E-state index contributed by atoms with van der Waals surface area (Å²) in [5.41, 5.74) is 6.68. The van der Waals surface area contributed by atoms with Crippen molar-refractivity contribution in [2.24, 2.45) is 5.10 Å². The first-order valence-corrected chi connectivity index (χ1v) is 13.9. The highest BCUT2D eigenvalue weighted by molar-refractivity contribution is 7.89. The Kier molecular flexibility index (Phi) is 8.69. The average Bonchev–Trinajstić information content (AvgIpc) is 3.19. The first kappa shape index (κ1) is 27.6. The van der Waals surface area contributed by atoms with E-state index in [1.807, 2.05) is 60.9 Å². The van der Waals surface area contributed by atoms with E-state index in [1.165, 1.54) is 18.3 Å². The van der Waals surface area contributed by atoms with E-state index in [0.717, 1.165) is 32.5 Å². The van der Waals surface area contributed by atoms with Gasteiger partial charge in [-0.25, -0.2) is 13.8 Å². The maximum atomic E-state index is 13.3. The smallest absolute Gasteiger partial charge is 0.255 e. The molecule has 0 aliphatic heterocycles. The number of sulfonamides is 1. The number of rotatable bonds is 9. The highest BCUT2D eigenvalue weighted by atomic mass is 35.5. The Morgan fingerprint density at radius 3 is 2.26 bits per heavy atom. The van der Waals surface area contributed by atoms with E-state index in [9.17, 15) is 13.2 Å². The summed E-state index contributed by atoms with van der Waals surface area (Å²) in [6, 6.07) is 24.5. The van der Waals surface area contributed by atoms with Crippen LogP contribution < -0.4 is 5.43 Å². The van der Waals surface area contributed by atoms with Crippen molar-refractivity contribution in [3.8, 4) is 5.69 Å². The van der Waals surface area contributed by atoms with E-state index in [0.29, 0.717) is 10.0 Å². The van der Waals surface area contributed by atoms with Crippen LogP contribution in [0.1, 0.15) is 22.5 Å². The lowest BCUT2D eigenvalue weighted by Crippen LogP contribution is -2.39. The number of halogens is 2. The van der Waals surface area contributed by atoms with Crippen LogP contribution in [-0.4, -0.2) is 36.0 Å². The molecule has 4 rings (SSSR count). The van der Waals surface area contributed by atoms with Gasteiger partial charge in [0.2, 0.25) is 10.0 Å². The fraction of sp³-hybridized carbons (Fsp3) is 0.143. The lowest BCUT2D eigenvalue weighted by Gasteiger charge is -2.21. The van der Waals surface area contributed by atoms with Gasteiger partial charge in [0.15, 0.2) is 0 Å². The Hall–Kier alpha value is -3.43. The molecule has 3 aromatic carbocycles. The molecule has 10 heteroatoms. The zero-order valence-corrected chi connectivity index (χ0v) is 23.1. The number of hydrazone groups is 1. The van der Waals surface area contributed by atoms with Crippen molar-refractivity contribution in [2.75, 3.05) is 6.54 Å². The highest BCUT2D eigenvalue weighted by Gasteiger charge is 2.26. The maximum absolute atomic E-state index is 13.3. The van der Waals surface area contributed by atoms with Crippen molar-refractivity contribution in [3.63, 3.8) is 0 Å². The number of aryl methyl sites for hydroxylation is 1. The molecule has 0 bridgehead atoms. The maximum Gasteiger partial charge on any atom is 0.255 e. The molecule has 0 unspecified atom stereocenters. The molecular formula is C28H26Cl2N4O3S. The van der Waals surface area contributed by atoms with Crippen molar-refractivity contribution in [2.45, 2.75) is 25.3 Å². The number of benzene rings is 3. The van der Waals surface area contributed by atoms with Crippen LogP contribution in [0.3, 0.4) is 0 Å². The largest absolute Gasteiger partial charge is 0.318 e. The highest BCUT2D eigenvalue weighted by Crippen LogP contribution is 2.27. The Morgan fingerprint density at radius 2 is 1.61 bits per heavy atom. The van der Waals surface area contributed by atoms with Gasteiger partial charge in [-0.2, -0.15) is 9.41 Å². The molecule has 196 valence electrons. The molecule has 0 aliphatic rings. The number of hydrogen-bond acceptors (Lipinski definition) is 4. The molecule has 1 heterocycles. The number of carbonyl (C=O) groups excluding carboxylic acids is 1. The van der Waals surface area contributed by atoms with Gasteiger partial charge in [-0.05, 0) is 55.8 Å². The van der Waals surface area contributed by atoms with Gasteiger partial charge in [0.1, 0.15) is 0 Å². The van der Waals surface area contributed by atoms with Gasteiger partial charge in [0.05, 0.1) is 27.7 Å². The lowest BCUT2D eigenvalue weighted by molar-refractivity contribution is -0.121. The Labute approximate surface area is 232 Å². The third kappa shape index (κ3) is 6.34. The standard InChI is InChI=1S/C28H26Cl2N4O3S/c1-20-15-23(21(2)34(20)24-13-14-26(29)27(30)16-24)17-31-32-28(35)19-33(18-22-9-5-3-6-10-22)38(36,37)25-11-7-4-8-12-25/h3-17H,18-19H2,1-2H3,(H,32,35)/b31-17-. The van der Waals surface area contributed by atoms with Crippen LogP contribution in [0, 0.1) is 13.8 Å². The summed E-state index contributed by atoms with van der Waals surface area (Å²) >= 11 is 12.2. The summed E-state index contributed by atoms with van der Waals surface area (Å²) in [6.45, 7) is 3.51. The molecular weight excluding hydrogens is 543 g/mol. The van der Waals surface area contributed by atoms with Crippen LogP contribution in [0.25, 0.3) is 5.69 Å². The van der Waals surface area contributed by atoms with E-state index < -0.39 is 22.5 Å². The molecule has 0 fully saturated rings. The van der Waals surface area contributed by atoms with Crippen LogP contribution in [0.5, 0.6) is 0 Å². The van der Waals surface area contributed by atoms with Gasteiger partial charge in [-0.3, -0.25) is 4.79 Å². The summed E-state index contributed by atoms with van der Waals surface area (Å²) in [7, 11) is -3.92. The number of carbonyl (C=O) groups is 1. The van der Waals surface area contributed by atoms with Crippen LogP contribution >= 0.6 is 23.2 Å². The zero-order chi connectivity index (χ0) is 27.3. The summed E-state index contributed by atoms with van der Waals surface area (Å²) in [5.74, 6) is -0.560. The molecule has 0 spiro atoms. The van der Waals surface area contributed by atoms with E-state index in [4.69, 9.17) is 23.2 Å². The molecule has 1 aromatic heterocycles. The molecule has 1 N–H and O–H groups in total. The second-order valence-electron chi connectivity index (χ2n) is 8.63. The second kappa shape index (κ2) is 12.0. The molecule has 0 aliphatic carbocycles. The van der Waals surface area contributed by atoms with E-state index in [2.05, 4.69) is 10.5 Å². The van der Waals surface area contributed by atoms with Crippen molar-refractivity contribution in [1.29, 1.82) is 0 Å². The van der Waals surface area contributed by atoms with E-state index >= 15 is 0 Å². The van der Waals surface area contributed by atoms with Crippen LogP contribution in [0.2, 0.25) is 10.0 Å². The van der Waals surface area contributed by atoms with Gasteiger partial charge >= 0.3 is 0 Å². The Bertz CT molecular complexity index is 1570. The molecule has 38 heavy (non-hydrogen) atoms. The monoisotopic (exact) mass is 568 g/mol. The third-order valence-electron chi connectivity index (χ3n) is 5.93. The van der Waals surface area contributed by atoms with Crippen molar-refractivity contribution >= 4 is 45.3 Å². The minimum absolute atomic E-state index is 0.0417. The molecule has 7 nitrogen and oxygen atoms in total. The summed E-state index contributed by atoms with van der Waals surface area (Å²) < 4.78 is 29.8. The van der Waals surface area contributed by atoms with E-state index in [-0.39, 0.29) is 11.4 Å². The predicted octanol–water partition coefficient (Wildman–Crippen LogP) is 5.74. The second-order valence-corrected chi connectivity index (χ2v) is 11.4. The van der Waals surface area contributed by atoms with Crippen LogP contribution in [-0.2, 0) is 21.4 Å². The molecule has 4 aromatic rings. The normalized spacial score (nSPS) is 11.8. The quantitative estimate of drug-likeness (QED) is 0.206. The summed E-state index contributed by atoms with van der Waals surface area (Å²) in [4.78, 5) is 12.9. The molecule has 0 atom stereocenters. The SMILES string of the molecule is Cc1cc(/C=N\NC(=O)CN(Cc2ccccc2)S(=O)(=O)c2ccccc2)c(C)n1-c1ccc(Cl)c(Cl)c1. The van der Waals surface area contributed by atoms with Crippen molar-refractivity contribution in [1.82, 2.24) is 14.3 Å².